The maximum atomic E-state index is 12.8. The van der Waals surface area contributed by atoms with Gasteiger partial charge >= 0.3 is 0 Å². The predicted molar refractivity (Wildman–Crippen MR) is 119 cm³/mol. The Hall–Kier alpha value is -3.35. The van der Waals surface area contributed by atoms with Gasteiger partial charge in [-0.25, -0.2) is 4.98 Å². The molecule has 2 aromatic carbocycles. The third-order valence-electron chi connectivity index (χ3n) is 5.48. The molecule has 2 heterocycles. The second kappa shape index (κ2) is 8.79. The number of ether oxygens (including phenoxy) is 2. The molecule has 3 aromatic rings. The zero-order chi connectivity index (χ0) is 22.0. The number of para-hydroxylation sites is 1. The molecule has 0 saturated heterocycles. The van der Waals surface area contributed by atoms with Crippen LogP contribution in [-0.4, -0.2) is 28.7 Å². The fraction of sp³-hybridized carbons (Fsp3) is 0.375. The van der Waals surface area contributed by atoms with Crippen molar-refractivity contribution in [3.8, 4) is 11.5 Å². The van der Waals surface area contributed by atoms with Gasteiger partial charge in [-0.05, 0) is 42.2 Å². The molecule has 0 saturated carbocycles. The topological polar surface area (TPSA) is 82.5 Å². The van der Waals surface area contributed by atoms with Gasteiger partial charge < -0.3 is 14.8 Å². The normalized spacial score (nSPS) is 14.3. The molecule has 31 heavy (non-hydrogen) atoms. The second-order valence-corrected chi connectivity index (χ2v) is 8.19. The minimum atomic E-state index is -0.248. The van der Waals surface area contributed by atoms with Crippen LogP contribution in [0, 0.1) is 12.8 Å². The summed E-state index contributed by atoms with van der Waals surface area (Å²) in [5.74, 6) is 1.31. The highest BCUT2D eigenvalue weighted by Crippen LogP contribution is 2.34. The van der Waals surface area contributed by atoms with E-state index in [1.807, 2.05) is 51.1 Å². The molecule has 0 unspecified atom stereocenters. The first-order valence-corrected chi connectivity index (χ1v) is 10.6. The molecule has 1 aromatic heterocycles. The van der Waals surface area contributed by atoms with Crippen molar-refractivity contribution in [1.29, 1.82) is 0 Å². The SMILES string of the molecule is Cc1cccc2c(=O)n(CC(=O)N[C@H](c3ccc4c(c3)OCCCO4)C(C)C)cnc12. The maximum Gasteiger partial charge on any atom is 0.261 e. The minimum Gasteiger partial charge on any atom is -0.490 e. The number of carbonyl (C=O) groups excluding carboxylic acids is 1. The van der Waals surface area contributed by atoms with Crippen LogP contribution in [0.1, 0.15) is 37.4 Å². The van der Waals surface area contributed by atoms with E-state index in [-0.39, 0.29) is 30.0 Å². The lowest BCUT2D eigenvalue weighted by molar-refractivity contribution is -0.122. The molecule has 1 N–H and O–H groups in total. The highest BCUT2D eigenvalue weighted by atomic mass is 16.5. The Balaban J connectivity index is 1.55. The number of benzene rings is 2. The molecule has 4 rings (SSSR count). The first kappa shape index (κ1) is 20.9. The van der Waals surface area contributed by atoms with Crippen molar-refractivity contribution < 1.29 is 14.3 Å². The Morgan fingerprint density at radius 2 is 1.94 bits per heavy atom. The molecule has 162 valence electrons. The van der Waals surface area contributed by atoms with Crippen LogP contribution in [0.3, 0.4) is 0 Å². The van der Waals surface area contributed by atoms with Crippen LogP contribution in [0.5, 0.6) is 11.5 Å². The minimum absolute atomic E-state index is 0.0938. The van der Waals surface area contributed by atoms with Crippen LogP contribution in [0.15, 0.2) is 47.5 Å². The van der Waals surface area contributed by atoms with E-state index in [1.165, 1.54) is 10.9 Å². The molecule has 1 atom stereocenters. The van der Waals surface area contributed by atoms with Crippen molar-refractivity contribution in [3.63, 3.8) is 0 Å². The van der Waals surface area contributed by atoms with Gasteiger partial charge in [-0.1, -0.05) is 32.0 Å². The standard InChI is InChI=1S/C24H27N3O4/c1-15(2)22(17-8-9-19-20(12-17)31-11-5-10-30-19)26-21(28)13-27-14-25-23-16(3)6-4-7-18(23)24(27)29/h4,6-9,12,14-15,22H,5,10-11,13H2,1-3H3,(H,26,28)/t22-/m0/s1. The zero-order valence-electron chi connectivity index (χ0n) is 18.1. The number of fused-ring (bicyclic) bond motifs is 2. The van der Waals surface area contributed by atoms with E-state index in [0.717, 1.165) is 23.3 Å². The maximum absolute atomic E-state index is 12.8. The number of rotatable bonds is 5. The lowest BCUT2D eigenvalue weighted by atomic mass is 9.95. The summed E-state index contributed by atoms with van der Waals surface area (Å²) in [5, 5.41) is 3.58. The van der Waals surface area contributed by atoms with Crippen LogP contribution in [0.4, 0.5) is 0 Å². The molecule has 1 amide bonds. The number of aromatic nitrogens is 2. The summed E-state index contributed by atoms with van der Waals surface area (Å²) in [6.45, 7) is 7.14. The first-order valence-electron chi connectivity index (χ1n) is 10.6. The van der Waals surface area contributed by atoms with Crippen molar-refractivity contribution in [2.45, 2.75) is 39.8 Å². The van der Waals surface area contributed by atoms with Gasteiger partial charge in [0.05, 0.1) is 36.5 Å². The van der Waals surface area contributed by atoms with Gasteiger partial charge in [-0.2, -0.15) is 0 Å². The van der Waals surface area contributed by atoms with E-state index in [1.54, 1.807) is 6.07 Å². The fourth-order valence-electron chi connectivity index (χ4n) is 3.83. The fourth-order valence-corrected chi connectivity index (χ4v) is 3.83. The molecule has 1 aliphatic heterocycles. The van der Waals surface area contributed by atoms with E-state index in [9.17, 15) is 9.59 Å². The average molecular weight is 421 g/mol. The van der Waals surface area contributed by atoms with Crippen molar-refractivity contribution in [2.75, 3.05) is 13.2 Å². The number of hydrogen-bond donors (Lipinski definition) is 1. The molecular weight excluding hydrogens is 394 g/mol. The number of nitrogens with one attached hydrogen (secondary N) is 1. The van der Waals surface area contributed by atoms with E-state index in [2.05, 4.69) is 10.3 Å². The Bertz CT molecular complexity index is 1170. The quantitative estimate of drug-likeness (QED) is 0.683. The summed E-state index contributed by atoms with van der Waals surface area (Å²) < 4.78 is 12.8. The van der Waals surface area contributed by atoms with Crippen LogP contribution in [-0.2, 0) is 11.3 Å². The molecule has 0 spiro atoms. The number of carbonyl (C=O) groups is 1. The van der Waals surface area contributed by atoms with Crippen LogP contribution >= 0.6 is 0 Å². The molecule has 0 fully saturated rings. The van der Waals surface area contributed by atoms with E-state index in [4.69, 9.17) is 9.47 Å². The van der Waals surface area contributed by atoms with E-state index < -0.39 is 0 Å². The number of nitrogens with zero attached hydrogens (tertiary/aromatic N) is 2. The molecule has 1 aliphatic rings. The molecule has 0 radical (unpaired) electrons. The molecular formula is C24H27N3O4. The monoisotopic (exact) mass is 421 g/mol. The van der Waals surface area contributed by atoms with Crippen molar-refractivity contribution in [2.24, 2.45) is 5.92 Å². The third-order valence-corrected chi connectivity index (χ3v) is 5.48. The van der Waals surface area contributed by atoms with Gasteiger partial charge in [0.25, 0.3) is 5.56 Å². The Morgan fingerprint density at radius 3 is 2.71 bits per heavy atom. The van der Waals surface area contributed by atoms with Crippen molar-refractivity contribution >= 4 is 16.8 Å². The zero-order valence-corrected chi connectivity index (χ0v) is 18.1. The summed E-state index contributed by atoms with van der Waals surface area (Å²) in [4.78, 5) is 30.0. The second-order valence-electron chi connectivity index (χ2n) is 8.19. The van der Waals surface area contributed by atoms with Crippen LogP contribution in [0.2, 0.25) is 0 Å². The molecule has 0 aliphatic carbocycles. The van der Waals surface area contributed by atoms with Crippen LogP contribution < -0.4 is 20.3 Å². The molecule has 7 heteroatoms. The number of hydrogen-bond acceptors (Lipinski definition) is 5. The van der Waals surface area contributed by atoms with E-state index >= 15 is 0 Å². The van der Waals surface area contributed by atoms with Crippen molar-refractivity contribution in [3.05, 3.63) is 64.2 Å². The van der Waals surface area contributed by atoms with Gasteiger partial charge in [0.2, 0.25) is 5.91 Å². The highest BCUT2D eigenvalue weighted by molar-refractivity contribution is 5.81. The lowest BCUT2D eigenvalue weighted by Crippen LogP contribution is -2.36. The van der Waals surface area contributed by atoms with Gasteiger partial charge in [0.1, 0.15) is 6.54 Å². The third kappa shape index (κ3) is 4.40. The number of amides is 1. The molecule has 7 nitrogen and oxygen atoms in total. The van der Waals surface area contributed by atoms with Gasteiger partial charge in [-0.15, -0.1) is 0 Å². The Morgan fingerprint density at radius 1 is 1.16 bits per heavy atom. The summed E-state index contributed by atoms with van der Waals surface area (Å²) >= 11 is 0. The van der Waals surface area contributed by atoms with Crippen molar-refractivity contribution in [1.82, 2.24) is 14.9 Å². The predicted octanol–water partition coefficient (Wildman–Crippen LogP) is 3.38. The van der Waals surface area contributed by atoms with Gasteiger partial charge in [0, 0.05) is 6.42 Å². The summed E-state index contributed by atoms with van der Waals surface area (Å²) in [7, 11) is 0. The summed E-state index contributed by atoms with van der Waals surface area (Å²) in [5.41, 5.74) is 2.31. The van der Waals surface area contributed by atoms with Gasteiger partial charge in [0.15, 0.2) is 11.5 Å². The number of aryl methyl sites for hydroxylation is 1. The highest BCUT2D eigenvalue weighted by Gasteiger charge is 2.21. The Labute approximate surface area is 181 Å². The van der Waals surface area contributed by atoms with E-state index in [0.29, 0.717) is 29.9 Å². The largest absolute Gasteiger partial charge is 0.490 e. The van der Waals surface area contributed by atoms with Crippen LogP contribution in [0.25, 0.3) is 10.9 Å². The molecule has 0 bridgehead atoms. The smallest absolute Gasteiger partial charge is 0.261 e. The lowest BCUT2D eigenvalue weighted by Gasteiger charge is -2.24. The Kier molecular flexibility index (Phi) is 5.93. The van der Waals surface area contributed by atoms with Gasteiger partial charge in [-0.3, -0.25) is 14.2 Å². The first-order chi connectivity index (χ1) is 14.9. The average Bonchev–Trinajstić information content (AvgIpc) is 2.99. The summed E-state index contributed by atoms with van der Waals surface area (Å²) in [6, 6.07) is 11.0. The summed E-state index contributed by atoms with van der Waals surface area (Å²) in [6.07, 6.45) is 2.28.